The van der Waals surface area contributed by atoms with E-state index >= 15 is 0 Å². The number of halogens is 1. The van der Waals surface area contributed by atoms with Gasteiger partial charge in [-0.05, 0) is 23.8 Å². The molecule has 1 aliphatic rings. The van der Waals surface area contributed by atoms with Crippen LogP contribution in [0.2, 0.25) is 0 Å². The van der Waals surface area contributed by atoms with Gasteiger partial charge in [0.15, 0.2) is 11.5 Å². The molecule has 0 saturated carbocycles. The summed E-state index contributed by atoms with van der Waals surface area (Å²) in [5.74, 6) is 0.621. The van der Waals surface area contributed by atoms with Crippen molar-refractivity contribution < 1.29 is 27.0 Å². The smallest absolute Gasteiger partial charge is 0.265 e. The molecule has 0 radical (unpaired) electrons. The van der Waals surface area contributed by atoms with Crippen LogP contribution in [0.25, 0.3) is 0 Å². The summed E-state index contributed by atoms with van der Waals surface area (Å²) in [6.45, 7) is 0. The Balaban J connectivity index is 1.99. The summed E-state index contributed by atoms with van der Waals surface area (Å²) in [5.41, 5.74) is 1.59. The van der Waals surface area contributed by atoms with Crippen LogP contribution in [-0.2, 0) is 10.0 Å². The third-order valence-electron chi connectivity index (χ3n) is 5.07. The van der Waals surface area contributed by atoms with E-state index in [4.69, 9.17) is 14.2 Å². The minimum atomic E-state index is -3.89. The van der Waals surface area contributed by atoms with E-state index in [-0.39, 0.29) is 4.90 Å². The first-order valence-electron chi connectivity index (χ1n) is 9.11. The van der Waals surface area contributed by atoms with Gasteiger partial charge in [-0.3, -0.25) is 4.31 Å². The maximum atomic E-state index is 13.5. The van der Waals surface area contributed by atoms with Gasteiger partial charge in [0.1, 0.15) is 5.82 Å². The first kappa shape index (κ1) is 20.0. The van der Waals surface area contributed by atoms with Gasteiger partial charge in [0.25, 0.3) is 10.0 Å². The average molecular weight is 429 g/mol. The number of ether oxygens (including phenoxy) is 3. The molecule has 0 amide bonds. The summed E-state index contributed by atoms with van der Waals surface area (Å²) < 4.78 is 58.1. The van der Waals surface area contributed by atoms with E-state index in [0.717, 1.165) is 0 Å². The molecule has 0 bridgehead atoms. The van der Waals surface area contributed by atoms with Crippen LogP contribution >= 0.6 is 0 Å². The molecule has 0 saturated heterocycles. The van der Waals surface area contributed by atoms with Crippen LogP contribution in [0.3, 0.4) is 0 Å². The molecule has 3 aromatic rings. The van der Waals surface area contributed by atoms with Crippen LogP contribution in [0.4, 0.5) is 10.1 Å². The maximum Gasteiger partial charge on any atom is 0.265 e. The minimum Gasteiger partial charge on any atom is -0.493 e. The van der Waals surface area contributed by atoms with Crippen LogP contribution < -0.4 is 18.5 Å². The predicted molar refractivity (Wildman–Crippen MR) is 110 cm³/mol. The third-order valence-corrected chi connectivity index (χ3v) is 6.94. The second-order valence-electron chi connectivity index (χ2n) is 6.68. The van der Waals surface area contributed by atoms with Crippen molar-refractivity contribution in [2.75, 3.05) is 25.6 Å². The van der Waals surface area contributed by atoms with Crippen molar-refractivity contribution in [1.82, 2.24) is 0 Å². The van der Waals surface area contributed by atoms with Crippen molar-refractivity contribution in [3.05, 3.63) is 77.6 Å². The van der Waals surface area contributed by atoms with E-state index in [0.29, 0.717) is 34.1 Å². The number of nitrogens with zero attached hydrogens (tertiary/aromatic N) is 1. The van der Waals surface area contributed by atoms with Crippen molar-refractivity contribution in [2.24, 2.45) is 0 Å². The maximum absolute atomic E-state index is 13.5. The lowest BCUT2D eigenvalue weighted by Crippen LogP contribution is -2.29. The molecule has 1 atom stereocenters. The molecule has 3 aromatic carbocycles. The fourth-order valence-corrected chi connectivity index (χ4v) is 5.59. The van der Waals surface area contributed by atoms with E-state index in [1.807, 2.05) is 0 Å². The van der Waals surface area contributed by atoms with Crippen molar-refractivity contribution in [3.8, 4) is 17.2 Å². The zero-order valence-electron chi connectivity index (χ0n) is 16.6. The number of hydrogen-bond acceptors (Lipinski definition) is 5. The standard InChI is InChI=1S/C22H20FNO5S/c1-27-18-12-16(13-19(28-2)22(18)29-3)24-21(14-8-10-15(23)11-9-14)17-6-4-5-7-20(17)30(24,25)26/h4-13,21H,1-3H3. The van der Waals surface area contributed by atoms with E-state index in [1.165, 1.54) is 37.8 Å². The van der Waals surface area contributed by atoms with Gasteiger partial charge in [-0.15, -0.1) is 0 Å². The van der Waals surface area contributed by atoms with Crippen LogP contribution in [-0.4, -0.2) is 29.7 Å². The molecule has 1 aliphatic heterocycles. The summed E-state index contributed by atoms with van der Waals surface area (Å²) in [7, 11) is 0.515. The van der Waals surface area contributed by atoms with Gasteiger partial charge in [0.2, 0.25) is 5.75 Å². The van der Waals surface area contributed by atoms with Crippen LogP contribution in [0.5, 0.6) is 17.2 Å². The second kappa shape index (κ2) is 7.53. The first-order valence-corrected chi connectivity index (χ1v) is 10.5. The Morgan fingerprint density at radius 3 is 2.03 bits per heavy atom. The van der Waals surface area contributed by atoms with Gasteiger partial charge in [-0.25, -0.2) is 12.8 Å². The van der Waals surface area contributed by atoms with Gasteiger partial charge in [-0.2, -0.15) is 0 Å². The van der Waals surface area contributed by atoms with Gasteiger partial charge in [0.05, 0.1) is 38.0 Å². The normalized spacial score (nSPS) is 16.8. The Morgan fingerprint density at radius 2 is 1.47 bits per heavy atom. The summed E-state index contributed by atoms with van der Waals surface area (Å²) >= 11 is 0. The SMILES string of the molecule is COc1cc(N2C(c3ccc(F)cc3)c3ccccc3S2(=O)=O)cc(OC)c1OC. The lowest BCUT2D eigenvalue weighted by Gasteiger charge is -2.27. The molecule has 0 aromatic heterocycles. The molecule has 156 valence electrons. The number of benzene rings is 3. The zero-order valence-corrected chi connectivity index (χ0v) is 17.4. The fourth-order valence-electron chi connectivity index (χ4n) is 3.75. The average Bonchev–Trinajstić information content (AvgIpc) is 3.00. The van der Waals surface area contributed by atoms with E-state index in [1.54, 1.807) is 48.5 Å². The van der Waals surface area contributed by atoms with E-state index in [9.17, 15) is 12.8 Å². The van der Waals surface area contributed by atoms with Gasteiger partial charge in [0, 0.05) is 17.7 Å². The molecule has 0 N–H and O–H groups in total. The monoisotopic (exact) mass is 429 g/mol. The highest BCUT2D eigenvalue weighted by atomic mass is 32.2. The van der Waals surface area contributed by atoms with Crippen LogP contribution in [0.15, 0.2) is 65.6 Å². The highest BCUT2D eigenvalue weighted by molar-refractivity contribution is 7.93. The lowest BCUT2D eigenvalue weighted by atomic mass is 9.98. The Bertz CT molecular complexity index is 1170. The predicted octanol–water partition coefficient (Wildman–Crippen LogP) is 4.15. The van der Waals surface area contributed by atoms with Gasteiger partial charge < -0.3 is 14.2 Å². The Hall–Kier alpha value is -3.26. The Kier molecular flexibility index (Phi) is 5.03. The molecule has 0 spiro atoms. The largest absolute Gasteiger partial charge is 0.493 e. The minimum absolute atomic E-state index is 0.202. The number of rotatable bonds is 5. The van der Waals surface area contributed by atoms with Crippen molar-refractivity contribution >= 4 is 15.7 Å². The Morgan fingerprint density at radius 1 is 0.867 bits per heavy atom. The highest BCUT2D eigenvalue weighted by Crippen LogP contribution is 2.49. The van der Waals surface area contributed by atoms with Crippen molar-refractivity contribution in [1.29, 1.82) is 0 Å². The summed E-state index contributed by atoms with van der Waals surface area (Å²) in [4.78, 5) is 0.202. The molecular formula is C22H20FNO5S. The van der Waals surface area contributed by atoms with Crippen LogP contribution in [0.1, 0.15) is 17.2 Å². The fraction of sp³-hybridized carbons (Fsp3) is 0.182. The number of fused-ring (bicyclic) bond motifs is 1. The molecule has 1 heterocycles. The first-order chi connectivity index (χ1) is 14.4. The molecule has 6 nitrogen and oxygen atoms in total. The van der Waals surface area contributed by atoms with Crippen molar-refractivity contribution in [3.63, 3.8) is 0 Å². The third kappa shape index (κ3) is 3.04. The summed E-state index contributed by atoms with van der Waals surface area (Å²) in [5, 5.41) is 0. The highest BCUT2D eigenvalue weighted by Gasteiger charge is 2.44. The second-order valence-corrected chi connectivity index (χ2v) is 8.46. The van der Waals surface area contributed by atoms with Crippen molar-refractivity contribution in [2.45, 2.75) is 10.9 Å². The molecule has 8 heteroatoms. The number of sulfonamides is 1. The lowest BCUT2D eigenvalue weighted by molar-refractivity contribution is 0.324. The topological polar surface area (TPSA) is 65.1 Å². The number of methoxy groups -OCH3 is 3. The van der Waals surface area contributed by atoms with Gasteiger partial charge >= 0.3 is 0 Å². The molecule has 0 aliphatic carbocycles. The quantitative estimate of drug-likeness (QED) is 0.610. The van der Waals surface area contributed by atoms with Crippen LogP contribution in [0, 0.1) is 5.82 Å². The van der Waals surface area contributed by atoms with E-state index in [2.05, 4.69) is 0 Å². The van der Waals surface area contributed by atoms with E-state index < -0.39 is 21.9 Å². The Labute approximate surface area is 174 Å². The molecule has 4 rings (SSSR count). The van der Waals surface area contributed by atoms with Gasteiger partial charge in [-0.1, -0.05) is 30.3 Å². The molecular weight excluding hydrogens is 409 g/mol. The molecule has 0 fully saturated rings. The number of hydrogen-bond donors (Lipinski definition) is 0. The molecule has 1 unspecified atom stereocenters. The number of anilines is 1. The summed E-state index contributed by atoms with van der Waals surface area (Å²) in [6, 6.07) is 15.1. The summed E-state index contributed by atoms with van der Waals surface area (Å²) in [6.07, 6.45) is 0. The molecule has 30 heavy (non-hydrogen) atoms. The zero-order chi connectivity index (χ0) is 21.5.